The van der Waals surface area contributed by atoms with E-state index in [4.69, 9.17) is 5.41 Å². The van der Waals surface area contributed by atoms with Crippen molar-refractivity contribution in [3.8, 4) is 11.4 Å². The number of rotatable bonds is 4. The molecule has 0 fully saturated rings. The molecule has 0 unspecified atom stereocenters. The Kier molecular flexibility index (Phi) is 3.39. The largest absolute Gasteiger partial charge is 0.345 e. The molecule has 0 saturated carbocycles. The monoisotopic (exact) mass is 284 g/mol. The fourth-order valence-electron chi connectivity index (χ4n) is 2.12. The first-order valence-corrected chi connectivity index (χ1v) is 6.58. The van der Waals surface area contributed by atoms with E-state index in [0.29, 0.717) is 23.5 Å². The first-order valence-electron chi connectivity index (χ1n) is 6.58. The van der Waals surface area contributed by atoms with Crippen molar-refractivity contribution in [1.82, 2.24) is 24.9 Å². The van der Waals surface area contributed by atoms with Crippen LogP contribution in [0.4, 0.5) is 4.39 Å². The van der Waals surface area contributed by atoms with Gasteiger partial charge in [-0.2, -0.15) is 0 Å². The number of hydrogen-bond donors (Lipinski definition) is 2. The summed E-state index contributed by atoms with van der Waals surface area (Å²) in [6, 6.07) is 0. The normalized spacial score (nSPS) is 11.0. The van der Waals surface area contributed by atoms with Crippen LogP contribution < -0.4 is 0 Å². The summed E-state index contributed by atoms with van der Waals surface area (Å²) in [5.41, 5.74) is 1.58. The summed E-state index contributed by atoms with van der Waals surface area (Å²) < 4.78 is 13.8. The molecule has 0 amide bonds. The Morgan fingerprint density at radius 2 is 2.19 bits per heavy atom. The SMILES string of the molecule is CCCC(=N)c1nc(-c2c[nH]c3ncncc23)ncc1F. The smallest absolute Gasteiger partial charge is 0.169 e. The summed E-state index contributed by atoms with van der Waals surface area (Å²) in [7, 11) is 0. The molecule has 7 heteroatoms. The first kappa shape index (κ1) is 13.3. The van der Waals surface area contributed by atoms with Crippen LogP contribution in [0.15, 0.2) is 24.9 Å². The van der Waals surface area contributed by atoms with Crippen LogP contribution in [0.1, 0.15) is 25.5 Å². The van der Waals surface area contributed by atoms with Gasteiger partial charge in [0.05, 0.1) is 11.9 Å². The molecular weight excluding hydrogens is 271 g/mol. The second-order valence-electron chi connectivity index (χ2n) is 4.61. The number of nitrogens with one attached hydrogen (secondary N) is 2. The van der Waals surface area contributed by atoms with Gasteiger partial charge in [-0.15, -0.1) is 0 Å². The van der Waals surface area contributed by atoms with E-state index in [1.165, 1.54) is 6.33 Å². The molecule has 106 valence electrons. The fraction of sp³-hybridized carbons (Fsp3) is 0.214. The lowest BCUT2D eigenvalue weighted by molar-refractivity contribution is 0.610. The molecular formula is C14H13FN6. The highest BCUT2D eigenvalue weighted by atomic mass is 19.1. The van der Waals surface area contributed by atoms with E-state index in [1.54, 1.807) is 12.4 Å². The minimum Gasteiger partial charge on any atom is -0.345 e. The summed E-state index contributed by atoms with van der Waals surface area (Å²) >= 11 is 0. The van der Waals surface area contributed by atoms with Crippen molar-refractivity contribution >= 4 is 16.7 Å². The molecule has 0 saturated heterocycles. The van der Waals surface area contributed by atoms with Crippen molar-refractivity contribution in [2.75, 3.05) is 0 Å². The first-order chi connectivity index (χ1) is 10.2. The van der Waals surface area contributed by atoms with Gasteiger partial charge in [-0.05, 0) is 6.42 Å². The van der Waals surface area contributed by atoms with E-state index >= 15 is 0 Å². The third kappa shape index (κ3) is 2.37. The summed E-state index contributed by atoms with van der Waals surface area (Å²) in [5.74, 6) is -0.221. The van der Waals surface area contributed by atoms with Gasteiger partial charge < -0.3 is 10.4 Å². The number of halogens is 1. The molecule has 0 atom stereocenters. The van der Waals surface area contributed by atoms with Crippen LogP contribution in [0.5, 0.6) is 0 Å². The molecule has 3 heterocycles. The van der Waals surface area contributed by atoms with Crippen LogP contribution in [-0.4, -0.2) is 30.6 Å². The fourth-order valence-corrected chi connectivity index (χ4v) is 2.12. The summed E-state index contributed by atoms with van der Waals surface area (Å²) in [5, 5.41) is 8.65. The minimum absolute atomic E-state index is 0.0491. The lowest BCUT2D eigenvalue weighted by Gasteiger charge is -2.05. The van der Waals surface area contributed by atoms with Crippen LogP contribution in [0, 0.1) is 11.2 Å². The predicted molar refractivity (Wildman–Crippen MR) is 76.6 cm³/mol. The number of H-pyrrole nitrogens is 1. The summed E-state index contributed by atoms with van der Waals surface area (Å²) in [6.07, 6.45) is 7.14. The zero-order chi connectivity index (χ0) is 14.8. The second kappa shape index (κ2) is 5.35. The average Bonchev–Trinajstić information content (AvgIpc) is 2.92. The third-order valence-corrected chi connectivity index (χ3v) is 3.13. The van der Waals surface area contributed by atoms with Gasteiger partial charge in [0.15, 0.2) is 11.6 Å². The average molecular weight is 284 g/mol. The highest BCUT2D eigenvalue weighted by Gasteiger charge is 2.15. The topological polar surface area (TPSA) is 91.2 Å². The Hall–Kier alpha value is -2.70. The predicted octanol–water partition coefficient (Wildman–Crippen LogP) is 2.72. The van der Waals surface area contributed by atoms with Crippen LogP contribution in [0.3, 0.4) is 0 Å². The van der Waals surface area contributed by atoms with Crippen molar-refractivity contribution in [2.45, 2.75) is 19.8 Å². The van der Waals surface area contributed by atoms with Gasteiger partial charge >= 0.3 is 0 Å². The molecule has 0 aliphatic rings. The Morgan fingerprint density at radius 3 is 3.00 bits per heavy atom. The lowest BCUT2D eigenvalue weighted by atomic mass is 10.1. The van der Waals surface area contributed by atoms with E-state index in [1.807, 2.05) is 6.92 Å². The van der Waals surface area contributed by atoms with Gasteiger partial charge in [-0.25, -0.2) is 24.3 Å². The molecule has 3 aromatic rings. The maximum atomic E-state index is 13.8. The van der Waals surface area contributed by atoms with Crippen LogP contribution in [0.25, 0.3) is 22.4 Å². The number of fused-ring (bicyclic) bond motifs is 1. The van der Waals surface area contributed by atoms with Gasteiger partial charge in [0.25, 0.3) is 0 Å². The second-order valence-corrected chi connectivity index (χ2v) is 4.61. The van der Waals surface area contributed by atoms with Crippen molar-refractivity contribution in [3.05, 3.63) is 36.4 Å². The van der Waals surface area contributed by atoms with E-state index in [-0.39, 0.29) is 11.4 Å². The van der Waals surface area contributed by atoms with E-state index in [0.717, 1.165) is 18.0 Å². The molecule has 0 aliphatic carbocycles. The summed E-state index contributed by atoms with van der Waals surface area (Å²) in [4.78, 5) is 19.3. The Labute approximate surface area is 120 Å². The molecule has 0 bridgehead atoms. The van der Waals surface area contributed by atoms with E-state index in [9.17, 15) is 4.39 Å². The Bertz CT molecular complexity index is 810. The van der Waals surface area contributed by atoms with Crippen molar-refractivity contribution in [1.29, 1.82) is 5.41 Å². The standard InChI is InChI=1S/C14H13FN6/c1-2-3-11(16)12-10(15)6-19-14(21-12)9-5-18-13-8(9)4-17-7-20-13/h4-7,16H,2-3H2,1H3,(H,17,18,20). The van der Waals surface area contributed by atoms with Gasteiger partial charge in [0.2, 0.25) is 0 Å². The molecule has 6 nitrogen and oxygen atoms in total. The van der Waals surface area contributed by atoms with Crippen molar-refractivity contribution in [2.24, 2.45) is 0 Å². The zero-order valence-electron chi connectivity index (χ0n) is 11.4. The van der Waals surface area contributed by atoms with Crippen LogP contribution in [-0.2, 0) is 0 Å². The molecule has 2 N–H and O–H groups in total. The minimum atomic E-state index is -0.576. The lowest BCUT2D eigenvalue weighted by Crippen LogP contribution is -2.07. The molecule has 0 aliphatic heterocycles. The molecule has 0 aromatic carbocycles. The summed E-state index contributed by atoms with van der Waals surface area (Å²) in [6.45, 7) is 1.94. The third-order valence-electron chi connectivity index (χ3n) is 3.13. The molecule has 0 spiro atoms. The molecule has 3 aromatic heterocycles. The quantitative estimate of drug-likeness (QED) is 0.720. The molecule has 3 rings (SSSR count). The van der Waals surface area contributed by atoms with Gasteiger partial charge in [0, 0.05) is 23.3 Å². The van der Waals surface area contributed by atoms with Crippen molar-refractivity contribution in [3.63, 3.8) is 0 Å². The number of hydrogen-bond acceptors (Lipinski definition) is 5. The molecule has 21 heavy (non-hydrogen) atoms. The highest BCUT2D eigenvalue weighted by molar-refractivity contribution is 5.97. The van der Waals surface area contributed by atoms with Gasteiger partial charge in [-0.1, -0.05) is 13.3 Å². The number of aromatic amines is 1. The maximum absolute atomic E-state index is 13.8. The van der Waals surface area contributed by atoms with E-state index < -0.39 is 5.82 Å². The highest BCUT2D eigenvalue weighted by Crippen LogP contribution is 2.24. The number of nitrogens with zero attached hydrogens (tertiary/aromatic N) is 4. The Balaban J connectivity index is 2.11. The van der Waals surface area contributed by atoms with Crippen LogP contribution in [0.2, 0.25) is 0 Å². The van der Waals surface area contributed by atoms with Crippen molar-refractivity contribution < 1.29 is 4.39 Å². The molecule has 0 radical (unpaired) electrons. The number of aromatic nitrogens is 5. The zero-order valence-corrected chi connectivity index (χ0v) is 11.4. The van der Waals surface area contributed by atoms with Crippen LogP contribution >= 0.6 is 0 Å². The maximum Gasteiger partial charge on any atom is 0.169 e. The van der Waals surface area contributed by atoms with E-state index in [2.05, 4.69) is 24.9 Å². The van der Waals surface area contributed by atoms with Gasteiger partial charge in [-0.3, -0.25) is 0 Å². The Morgan fingerprint density at radius 1 is 1.33 bits per heavy atom. The van der Waals surface area contributed by atoms with Gasteiger partial charge in [0.1, 0.15) is 17.7 Å².